The predicted molar refractivity (Wildman–Crippen MR) is 67.8 cm³/mol. The van der Waals surface area contributed by atoms with Crippen LogP contribution in [0.5, 0.6) is 5.75 Å². The molecular weight excluding hydrogens is 250 g/mol. The van der Waals surface area contributed by atoms with Crippen LogP contribution >= 0.6 is 0 Å². The van der Waals surface area contributed by atoms with Crippen LogP contribution in [0.15, 0.2) is 36.4 Å². The third-order valence-electron chi connectivity index (χ3n) is 2.87. The Morgan fingerprint density at radius 2 is 1.74 bits per heavy atom. The van der Waals surface area contributed by atoms with E-state index in [1.807, 2.05) is 31.2 Å². The summed E-state index contributed by atoms with van der Waals surface area (Å²) >= 11 is 0. The molecule has 2 rings (SSSR count). The third-order valence-corrected chi connectivity index (χ3v) is 2.87. The van der Waals surface area contributed by atoms with Gasteiger partial charge in [0.1, 0.15) is 6.61 Å². The monoisotopic (exact) mass is 264 g/mol. The van der Waals surface area contributed by atoms with Crippen molar-refractivity contribution < 1.29 is 18.6 Å². The predicted octanol–water partition coefficient (Wildman–Crippen LogP) is 3.34. The maximum Gasteiger partial charge on any atom is 0.191 e. The van der Waals surface area contributed by atoms with Crippen molar-refractivity contribution in [3.05, 3.63) is 64.7 Å². The quantitative estimate of drug-likeness (QED) is 0.917. The first-order valence-corrected chi connectivity index (χ1v) is 5.88. The van der Waals surface area contributed by atoms with Crippen LogP contribution in [0.4, 0.5) is 8.78 Å². The van der Waals surface area contributed by atoms with Crippen molar-refractivity contribution in [1.29, 1.82) is 0 Å². The van der Waals surface area contributed by atoms with E-state index in [-0.39, 0.29) is 12.2 Å². The lowest BCUT2D eigenvalue weighted by atomic mass is 10.1. The molecule has 0 atom stereocenters. The van der Waals surface area contributed by atoms with E-state index in [0.717, 1.165) is 23.3 Å². The van der Waals surface area contributed by atoms with Gasteiger partial charge in [0.25, 0.3) is 0 Å². The SMILES string of the molecule is Cc1ccccc1COc1c(F)cc(CO)cc1F. The van der Waals surface area contributed by atoms with Crippen molar-refractivity contribution >= 4 is 0 Å². The molecule has 0 amide bonds. The molecule has 0 fully saturated rings. The Kier molecular flexibility index (Phi) is 4.12. The minimum Gasteiger partial charge on any atom is -0.483 e. The van der Waals surface area contributed by atoms with E-state index in [2.05, 4.69) is 0 Å². The zero-order valence-electron chi connectivity index (χ0n) is 10.5. The van der Waals surface area contributed by atoms with Gasteiger partial charge < -0.3 is 9.84 Å². The summed E-state index contributed by atoms with van der Waals surface area (Å²) in [6, 6.07) is 9.60. The minimum atomic E-state index is -0.808. The molecule has 0 aliphatic carbocycles. The molecular formula is C15H14F2O2. The smallest absolute Gasteiger partial charge is 0.191 e. The molecule has 19 heavy (non-hydrogen) atoms. The highest BCUT2D eigenvalue weighted by Gasteiger charge is 2.13. The Hall–Kier alpha value is -1.94. The number of halogens is 2. The first kappa shape index (κ1) is 13.5. The van der Waals surface area contributed by atoms with E-state index >= 15 is 0 Å². The van der Waals surface area contributed by atoms with Gasteiger partial charge >= 0.3 is 0 Å². The summed E-state index contributed by atoms with van der Waals surface area (Å²) in [6.45, 7) is 1.59. The van der Waals surface area contributed by atoms with Crippen LogP contribution in [-0.4, -0.2) is 5.11 Å². The number of ether oxygens (including phenoxy) is 1. The fourth-order valence-electron chi connectivity index (χ4n) is 1.76. The molecule has 2 aromatic carbocycles. The number of hydrogen-bond acceptors (Lipinski definition) is 2. The van der Waals surface area contributed by atoms with Gasteiger partial charge in [-0.25, -0.2) is 8.78 Å². The van der Waals surface area contributed by atoms with Gasteiger partial charge in [-0.05, 0) is 35.7 Å². The van der Waals surface area contributed by atoms with Gasteiger partial charge in [-0.3, -0.25) is 0 Å². The van der Waals surface area contributed by atoms with Crippen LogP contribution in [-0.2, 0) is 13.2 Å². The molecule has 0 saturated carbocycles. The van der Waals surface area contributed by atoms with E-state index < -0.39 is 24.0 Å². The van der Waals surface area contributed by atoms with Crippen LogP contribution < -0.4 is 4.74 Å². The molecule has 0 unspecified atom stereocenters. The Labute approximate surface area is 110 Å². The fourth-order valence-corrected chi connectivity index (χ4v) is 1.76. The van der Waals surface area contributed by atoms with E-state index in [9.17, 15) is 8.78 Å². The maximum atomic E-state index is 13.6. The molecule has 0 radical (unpaired) electrons. The average Bonchev–Trinajstić information content (AvgIpc) is 2.39. The Morgan fingerprint density at radius 1 is 1.11 bits per heavy atom. The zero-order valence-corrected chi connectivity index (χ0v) is 10.5. The van der Waals surface area contributed by atoms with Gasteiger partial charge in [0.15, 0.2) is 17.4 Å². The highest BCUT2D eigenvalue weighted by atomic mass is 19.1. The van der Waals surface area contributed by atoms with Gasteiger partial charge in [-0.2, -0.15) is 0 Å². The van der Waals surface area contributed by atoms with Crippen molar-refractivity contribution in [3.8, 4) is 5.75 Å². The summed E-state index contributed by atoms with van der Waals surface area (Å²) in [5, 5.41) is 8.85. The average molecular weight is 264 g/mol. The zero-order chi connectivity index (χ0) is 13.8. The fraction of sp³-hybridized carbons (Fsp3) is 0.200. The van der Waals surface area contributed by atoms with Crippen molar-refractivity contribution in [2.45, 2.75) is 20.1 Å². The lowest BCUT2D eigenvalue weighted by Gasteiger charge is -2.11. The Balaban J connectivity index is 2.18. The van der Waals surface area contributed by atoms with Gasteiger partial charge in [0.2, 0.25) is 0 Å². The highest BCUT2D eigenvalue weighted by Crippen LogP contribution is 2.24. The number of hydrogen-bond donors (Lipinski definition) is 1. The largest absolute Gasteiger partial charge is 0.483 e. The van der Waals surface area contributed by atoms with Crippen LogP contribution in [0.1, 0.15) is 16.7 Å². The van der Waals surface area contributed by atoms with E-state index in [1.54, 1.807) is 0 Å². The van der Waals surface area contributed by atoms with Gasteiger partial charge in [0.05, 0.1) is 6.61 Å². The van der Waals surface area contributed by atoms with Gasteiger partial charge in [-0.15, -0.1) is 0 Å². The lowest BCUT2D eigenvalue weighted by molar-refractivity contribution is 0.266. The topological polar surface area (TPSA) is 29.5 Å². The molecule has 100 valence electrons. The van der Waals surface area contributed by atoms with Crippen molar-refractivity contribution in [1.82, 2.24) is 0 Å². The van der Waals surface area contributed by atoms with E-state index in [0.29, 0.717) is 0 Å². The molecule has 4 heteroatoms. The molecule has 2 nitrogen and oxygen atoms in total. The maximum absolute atomic E-state index is 13.6. The first-order chi connectivity index (χ1) is 9.11. The van der Waals surface area contributed by atoms with Crippen LogP contribution in [0.3, 0.4) is 0 Å². The molecule has 0 saturated heterocycles. The summed E-state index contributed by atoms with van der Waals surface area (Å²) in [7, 11) is 0. The number of aryl methyl sites for hydroxylation is 1. The summed E-state index contributed by atoms with van der Waals surface area (Å²) < 4.78 is 32.5. The first-order valence-electron chi connectivity index (χ1n) is 5.88. The second kappa shape index (κ2) is 5.80. The van der Waals surface area contributed by atoms with Crippen molar-refractivity contribution in [3.63, 3.8) is 0 Å². The third kappa shape index (κ3) is 3.09. The molecule has 1 N–H and O–H groups in total. The number of rotatable bonds is 4. The lowest BCUT2D eigenvalue weighted by Crippen LogP contribution is -2.02. The van der Waals surface area contributed by atoms with E-state index in [1.165, 1.54) is 0 Å². The van der Waals surface area contributed by atoms with Crippen molar-refractivity contribution in [2.24, 2.45) is 0 Å². The van der Waals surface area contributed by atoms with Gasteiger partial charge in [-0.1, -0.05) is 24.3 Å². The number of aliphatic hydroxyl groups is 1. The summed E-state index contributed by atoms with van der Waals surface area (Å²) in [5.74, 6) is -2.03. The van der Waals surface area contributed by atoms with E-state index in [4.69, 9.17) is 9.84 Å². The molecule has 0 bridgehead atoms. The molecule has 0 heterocycles. The number of benzene rings is 2. The van der Waals surface area contributed by atoms with Crippen LogP contribution in [0.25, 0.3) is 0 Å². The summed E-state index contributed by atoms with van der Waals surface area (Å²) in [5.41, 5.74) is 2.04. The second-order valence-electron chi connectivity index (χ2n) is 4.26. The van der Waals surface area contributed by atoms with Crippen LogP contribution in [0.2, 0.25) is 0 Å². The Morgan fingerprint density at radius 3 is 2.32 bits per heavy atom. The molecule has 0 aromatic heterocycles. The van der Waals surface area contributed by atoms with Crippen LogP contribution in [0, 0.1) is 18.6 Å². The minimum absolute atomic E-state index is 0.0962. The van der Waals surface area contributed by atoms with Crippen molar-refractivity contribution in [2.75, 3.05) is 0 Å². The molecule has 0 aliphatic rings. The van der Waals surface area contributed by atoms with Gasteiger partial charge in [0, 0.05) is 0 Å². The Bertz CT molecular complexity index is 559. The molecule has 2 aromatic rings. The molecule has 0 aliphatic heterocycles. The molecule has 0 spiro atoms. The normalized spacial score (nSPS) is 10.5. The highest BCUT2D eigenvalue weighted by molar-refractivity contribution is 5.32. The number of aliphatic hydroxyl groups excluding tert-OH is 1. The summed E-state index contributed by atoms with van der Waals surface area (Å²) in [4.78, 5) is 0. The standard InChI is InChI=1S/C15H14F2O2/c1-10-4-2-3-5-12(10)9-19-15-13(16)6-11(8-18)7-14(15)17/h2-7,18H,8-9H2,1H3. The summed E-state index contributed by atoms with van der Waals surface area (Å²) in [6.07, 6.45) is 0. The second-order valence-corrected chi connectivity index (χ2v) is 4.26.